The minimum absolute atomic E-state index is 0.229. The SMILES string of the molecule is O=C(NCC1CC1)c1ccc(=O)[nH]n1. The molecule has 0 radical (unpaired) electrons. The lowest BCUT2D eigenvalue weighted by Crippen LogP contribution is -2.27. The van der Waals surface area contributed by atoms with Gasteiger partial charge >= 0.3 is 0 Å². The van der Waals surface area contributed by atoms with E-state index >= 15 is 0 Å². The molecule has 5 heteroatoms. The summed E-state index contributed by atoms with van der Waals surface area (Å²) in [7, 11) is 0. The van der Waals surface area contributed by atoms with Gasteiger partial charge in [-0.1, -0.05) is 0 Å². The molecule has 0 saturated heterocycles. The first-order chi connectivity index (χ1) is 6.75. The summed E-state index contributed by atoms with van der Waals surface area (Å²) in [4.78, 5) is 22.1. The molecule has 1 saturated carbocycles. The number of hydrogen-bond acceptors (Lipinski definition) is 3. The Morgan fingerprint density at radius 2 is 2.36 bits per heavy atom. The van der Waals surface area contributed by atoms with E-state index < -0.39 is 0 Å². The number of rotatable bonds is 3. The van der Waals surface area contributed by atoms with E-state index in [0.29, 0.717) is 12.5 Å². The highest BCUT2D eigenvalue weighted by Gasteiger charge is 2.22. The van der Waals surface area contributed by atoms with Gasteiger partial charge in [0.05, 0.1) is 0 Å². The third kappa shape index (κ3) is 2.18. The van der Waals surface area contributed by atoms with Crippen LogP contribution < -0.4 is 10.9 Å². The summed E-state index contributed by atoms with van der Waals surface area (Å²) in [6.07, 6.45) is 2.39. The highest BCUT2D eigenvalue weighted by atomic mass is 16.2. The Morgan fingerprint density at radius 1 is 1.57 bits per heavy atom. The Labute approximate surface area is 80.5 Å². The summed E-state index contributed by atoms with van der Waals surface area (Å²) in [6.45, 7) is 0.708. The molecule has 0 spiro atoms. The second kappa shape index (κ2) is 3.61. The van der Waals surface area contributed by atoms with Crippen molar-refractivity contribution in [2.75, 3.05) is 6.54 Å². The van der Waals surface area contributed by atoms with E-state index in [1.807, 2.05) is 0 Å². The van der Waals surface area contributed by atoms with Crippen LogP contribution >= 0.6 is 0 Å². The first kappa shape index (κ1) is 8.93. The number of carbonyl (C=O) groups is 1. The van der Waals surface area contributed by atoms with Crippen molar-refractivity contribution < 1.29 is 4.79 Å². The van der Waals surface area contributed by atoms with E-state index in [4.69, 9.17) is 0 Å². The van der Waals surface area contributed by atoms with E-state index in [1.165, 1.54) is 25.0 Å². The van der Waals surface area contributed by atoms with Crippen molar-refractivity contribution in [1.29, 1.82) is 0 Å². The molecule has 2 N–H and O–H groups in total. The normalized spacial score (nSPS) is 15.1. The molecular formula is C9H11N3O2. The summed E-state index contributed by atoms with van der Waals surface area (Å²) < 4.78 is 0. The number of H-pyrrole nitrogens is 1. The van der Waals surface area contributed by atoms with Gasteiger partial charge in [0, 0.05) is 12.6 Å². The molecule has 0 aliphatic heterocycles. The van der Waals surface area contributed by atoms with Crippen LogP contribution in [0.25, 0.3) is 0 Å². The molecule has 1 aliphatic rings. The predicted molar refractivity (Wildman–Crippen MR) is 49.9 cm³/mol. The van der Waals surface area contributed by atoms with E-state index in [-0.39, 0.29) is 17.2 Å². The molecule has 0 unspecified atom stereocenters. The first-order valence-corrected chi connectivity index (χ1v) is 4.59. The van der Waals surface area contributed by atoms with Gasteiger partial charge in [0.15, 0.2) is 0 Å². The third-order valence-electron chi connectivity index (χ3n) is 2.16. The van der Waals surface area contributed by atoms with Crippen molar-refractivity contribution in [2.45, 2.75) is 12.8 Å². The van der Waals surface area contributed by atoms with Crippen LogP contribution in [0.15, 0.2) is 16.9 Å². The smallest absolute Gasteiger partial charge is 0.271 e. The summed E-state index contributed by atoms with van der Waals surface area (Å²) in [5.74, 6) is 0.412. The average molecular weight is 193 g/mol. The van der Waals surface area contributed by atoms with Crippen molar-refractivity contribution in [3.63, 3.8) is 0 Å². The number of aromatic amines is 1. The molecule has 0 atom stereocenters. The van der Waals surface area contributed by atoms with Crippen LogP contribution in [0.1, 0.15) is 23.3 Å². The number of carbonyl (C=O) groups excluding carboxylic acids is 1. The zero-order chi connectivity index (χ0) is 9.97. The molecule has 14 heavy (non-hydrogen) atoms. The summed E-state index contributed by atoms with van der Waals surface area (Å²) in [6, 6.07) is 2.71. The summed E-state index contributed by atoms with van der Waals surface area (Å²) >= 11 is 0. The molecule has 2 rings (SSSR count). The zero-order valence-corrected chi connectivity index (χ0v) is 7.62. The van der Waals surface area contributed by atoms with Crippen molar-refractivity contribution in [1.82, 2.24) is 15.5 Å². The van der Waals surface area contributed by atoms with Crippen molar-refractivity contribution in [3.8, 4) is 0 Å². The fourth-order valence-electron chi connectivity index (χ4n) is 1.12. The Kier molecular flexibility index (Phi) is 2.30. The van der Waals surface area contributed by atoms with Crippen LogP contribution in [-0.2, 0) is 0 Å². The Bertz CT molecular complexity index is 375. The molecule has 1 aliphatic carbocycles. The van der Waals surface area contributed by atoms with Crippen LogP contribution in [0.4, 0.5) is 0 Å². The van der Waals surface area contributed by atoms with Gasteiger partial charge in [0.2, 0.25) is 0 Å². The molecule has 1 amide bonds. The molecular weight excluding hydrogens is 182 g/mol. The molecule has 1 aromatic heterocycles. The maximum Gasteiger partial charge on any atom is 0.271 e. The Balaban J connectivity index is 1.95. The second-order valence-electron chi connectivity index (χ2n) is 3.46. The van der Waals surface area contributed by atoms with Crippen LogP contribution in [0.3, 0.4) is 0 Å². The summed E-state index contributed by atoms with van der Waals surface area (Å²) in [5.41, 5.74) is -0.0472. The van der Waals surface area contributed by atoms with E-state index in [1.54, 1.807) is 0 Å². The largest absolute Gasteiger partial charge is 0.350 e. The lowest BCUT2D eigenvalue weighted by molar-refractivity contribution is 0.0945. The van der Waals surface area contributed by atoms with Crippen LogP contribution in [-0.4, -0.2) is 22.6 Å². The second-order valence-corrected chi connectivity index (χ2v) is 3.46. The van der Waals surface area contributed by atoms with E-state index in [0.717, 1.165) is 0 Å². The number of amides is 1. The van der Waals surface area contributed by atoms with Crippen molar-refractivity contribution in [2.24, 2.45) is 5.92 Å². The molecule has 1 aromatic rings. The van der Waals surface area contributed by atoms with Gasteiger partial charge in [-0.3, -0.25) is 9.59 Å². The first-order valence-electron chi connectivity index (χ1n) is 4.59. The highest BCUT2D eigenvalue weighted by Crippen LogP contribution is 2.27. The van der Waals surface area contributed by atoms with Gasteiger partial charge in [-0.05, 0) is 24.8 Å². The number of nitrogens with zero attached hydrogens (tertiary/aromatic N) is 1. The third-order valence-corrected chi connectivity index (χ3v) is 2.16. The molecule has 74 valence electrons. The predicted octanol–water partition coefficient (Wildman–Crippen LogP) is -0.0903. The number of nitrogens with one attached hydrogen (secondary N) is 2. The minimum atomic E-state index is -0.302. The van der Waals surface area contributed by atoms with E-state index in [2.05, 4.69) is 15.5 Å². The lowest BCUT2D eigenvalue weighted by Gasteiger charge is -2.01. The molecule has 0 bridgehead atoms. The van der Waals surface area contributed by atoms with Crippen molar-refractivity contribution in [3.05, 3.63) is 28.2 Å². The fourth-order valence-corrected chi connectivity index (χ4v) is 1.12. The fraction of sp³-hybridized carbons (Fsp3) is 0.444. The number of hydrogen-bond donors (Lipinski definition) is 2. The van der Waals surface area contributed by atoms with Crippen LogP contribution in [0.2, 0.25) is 0 Å². The van der Waals surface area contributed by atoms with Gasteiger partial charge in [-0.25, -0.2) is 5.10 Å². The quantitative estimate of drug-likeness (QED) is 0.704. The average Bonchev–Trinajstić information content (AvgIpc) is 2.99. The molecule has 5 nitrogen and oxygen atoms in total. The zero-order valence-electron chi connectivity index (χ0n) is 7.62. The summed E-state index contributed by atoms with van der Waals surface area (Å²) in [5, 5.41) is 8.60. The lowest BCUT2D eigenvalue weighted by atomic mass is 10.3. The van der Waals surface area contributed by atoms with Gasteiger partial charge in [-0.2, -0.15) is 5.10 Å². The Morgan fingerprint density at radius 3 is 2.93 bits per heavy atom. The minimum Gasteiger partial charge on any atom is -0.350 e. The highest BCUT2D eigenvalue weighted by molar-refractivity contribution is 5.91. The molecule has 1 heterocycles. The number of aromatic nitrogens is 2. The van der Waals surface area contributed by atoms with E-state index in [9.17, 15) is 9.59 Å². The molecule has 0 aromatic carbocycles. The maximum absolute atomic E-state index is 11.4. The maximum atomic E-state index is 11.4. The van der Waals surface area contributed by atoms with Gasteiger partial charge in [0.1, 0.15) is 5.69 Å². The Hall–Kier alpha value is -1.65. The standard InChI is InChI=1S/C9H11N3O2/c13-8-4-3-7(11-12-8)9(14)10-5-6-1-2-6/h3-4,6H,1-2,5H2,(H,10,14)(H,12,13). The monoisotopic (exact) mass is 193 g/mol. The molecule has 1 fully saturated rings. The van der Waals surface area contributed by atoms with Crippen LogP contribution in [0.5, 0.6) is 0 Å². The van der Waals surface area contributed by atoms with Crippen molar-refractivity contribution >= 4 is 5.91 Å². The topological polar surface area (TPSA) is 74.8 Å². The van der Waals surface area contributed by atoms with Gasteiger partial charge in [-0.15, -0.1) is 0 Å². The van der Waals surface area contributed by atoms with Gasteiger partial charge in [0.25, 0.3) is 11.5 Å². The van der Waals surface area contributed by atoms with Gasteiger partial charge < -0.3 is 5.32 Å². The van der Waals surface area contributed by atoms with Crippen LogP contribution in [0, 0.1) is 5.92 Å².